The first kappa shape index (κ1) is 12.0. The van der Waals surface area contributed by atoms with E-state index in [9.17, 15) is 4.79 Å². The van der Waals surface area contributed by atoms with Gasteiger partial charge in [0, 0.05) is 5.02 Å². The quantitative estimate of drug-likeness (QED) is 0.800. The van der Waals surface area contributed by atoms with Crippen molar-refractivity contribution in [2.24, 2.45) is 5.73 Å². The number of hydrogen-bond acceptors (Lipinski definition) is 3. The smallest absolute Gasteiger partial charge is 0.322 e. The second kappa shape index (κ2) is 5.14. The summed E-state index contributed by atoms with van der Waals surface area (Å²) in [6.07, 6.45) is 0.444. The highest BCUT2D eigenvalue weighted by Gasteiger charge is 2.15. The monoisotopic (exact) mass is 227 g/mol. The normalized spacial score (nSPS) is 12.3. The summed E-state index contributed by atoms with van der Waals surface area (Å²) in [6.45, 7) is 1.90. The Labute approximate surface area is 94.2 Å². The number of benzene rings is 1. The second-order valence-corrected chi connectivity index (χ2v) is 3.76. The maximum atomic E-state index is 11.1. The van der Waals surface area contributed by atoms with Crippen LogP contribution in [0.1, 0.15) is 11.1 Å². The minimum absolute atomic E-state index is 0.408. The Bertz CT molecular complexity index is 366. The van der Waals surface area contributed by atoms with Crippen LogP contribution in [0, 0.1) is 6.92 Å². The molecule has 4 heteroatoms. The maximum absolute atomic E-state index is 11.1. The van der Waals surface area contributed by atoms with Gasteiger partial charge in [-0.2, -0.15) is 0 Å². The number of carbonyl (C=O) groups excluding carboxylic acids is 1. The van der Waals surface area contributed by atoms with Gasteiger partial charge < -0.3 is 10.5 Å². The number of nitrogens with two attached hydrogens (primary N) is 1. The lowest BCUT2D eigenvalue weighted by atomic mass is 10.0. The average molecular weight is 228 g/mol. The van der Waals surface area contributed by atoms with Crippen LogP contribution >= 0.6 is 11.6 Å². The molecule has 0 aromatic heterocycles. The summed E-state index contributed by atoms with van der Waals surface area (Å²) in [5.41, 5.74) is 7.59. The third kappa shape index (κ3) is 2.94. The summed E-state index contributed by atoms with van der Waals surface area (Å²) in [5.74, 6) is -0.408. The zero-order chi connectivity index (χ0) is 11.4. The average Bonchev–Trinajstić information content (AvgIpc) is 2.23. The predicted octanol–water partition coefficient (Wildman–Crippen LogP) is 1.69. The molecule has 0 saturated carbocycles. The molecule has 1 aromatic rings. The van der Waals surface area contributed by atoms with Crippen molar-refractivity contribution in [3.05, 3.63) is 34.3 Å². The number of ether oxygens (including phenoxy) is 1. The van der Waals surface area contributed by atoms with Crippen LogP contribution in [0.25, 0.3) is 0 Å². The first-order chi connectivity index (χ1) is 7.06. The molecule has 0 aliphatic heterocycles. The molecule has 15 heavy (non-hydrogen) atoms. The number of methoxy groups -OCH3 is 1. The van der Waals surface area contributed by atoms with Crippen LogP contribution in [0.5, 0.6) is 0 Å². The van der Waals surface area contributed by atoms with Gasteiger partial charge in [0.1, 0.15) is 6.04 Å². The van der Waals surface area contributed by atoms with E-state index in [4.69, 9.17) is 17.3 Å². The highest BCUT2D eigenvalue weighted by atomic mass is 35.5. The van der Waals surface area contributed by atoms with Gasteiger partial charge in [-0.3, -0.25) is 4.79 Å². The fourth-order valence-corrected chi connectivity index (χ4v) is 1.54. The van der Waals surface area contributed by atoms with Gasteiger partial charge in [-0.1, -0.05) is 23.7 Å². The number of rotatable bonds is 3. The van der Waals surface area contributed by atoms with Crippen LogP contribution < -0.4 is 5.73 Å². The van der Waals surface area contributed by atoms with E-state index in [1.165, 1.54) is 7.11 Å². The lowest BCUT2D eigenvalue weighted by Gasteiger charge is -2.11. The minimum Gasteiger partial charge on any atom is -0.468 e. The SMILES string of the molecule is COC(=O)[C@@H](N)Cc1cccc(Cl)c1C. The van der Waals surface area contributed by atoms with Gasteiger partial charge in [-0.15, -0.1) is 0 Å². The summed E-state index contributed by atoms with van der Waals surface area (Å²) < 4.78 is 4.56. The van der Waals surface area contributed by atoms with E-state index < -0.39 is 12.0 Å². The third-order valence-electron chi connectivity index (χ3n) is 2.32. The summed E-state index contributed by atoms with van der Waals surface area (Å²) in [5, 5.41) is 0.685. The van der Waals surface area contributed by atoms with Gasteiger partial charge in [0.15, 0.2) is 0 Å². The zero-order valence-corrected chi connectivity index (χ0v) is 9.54. The minimum atomic E-state index is -0.632. The van der Waals surface area contributed by atoms with Crippen molar-refractivity contribution in [2.45, 2.75) is 19.4 Å². The van der Waals surface area contributed by atoms with Crippen LogP contribution in [0.3, 0.4) is 0 Å². The first-order valence-corrected chi connectivity index (χ1v) is 5.01. The van der Waals surface area contributed by atoms with Crippen molar-refractivity contribution >= 4 is 17.6 Å². The first-order valence-electron chi connectivity index (χ1n) is 4.63. The Balaban J connectivity index is 2.81. The van der Waals surface area contributed by atoms with Gasteiger partial charge in [-0.25, -0.2) is 0 Å². The molecular formula is C11H14ClNO2. The van der Waals surface area contributed by atoms with E-state index in [1.54, 1.807) is 0 Å². The molecule has 2 N–H and O–H groups in total. The molecule has 82 valence electrons. The van der Waals surface area contributed by atoms with E-state index in [1.807, 2.05) is 25.1 Å². The second-order valence-electron chi connectivity index (χ2n) is 3.36. The fourth-order valence-electron chi connectivity index (χ4n) is 1.34. The number of carbonyl (C=O) groups is 1. The Hall–Kier alpha value is -1.06. The molecule has 1 atom stereocenters. The highest BCUT2D eigenvalue weighted by molar-refractivity contribution is 6.31. The van der Waals surface area contributed by atoms with Crippen LogP contribution in [-0.4, -0.2) is 19.1 Å². The molecule has 0 amide bonds. The molecule has 0 aliphatic carbocycles. The van der Waals surface area contributed by atoms with E-state index in [2.05, 4.69) is 4.74 Å². The van der Waals surface area contributed by atoms with Gasteiger partial charge in [0.25, 0.3) is 0 Å². The Kier molecular flexibility index (Phi) is 4.12. The molecule has 0 unspecified atom stereocenters. The van der Waals surface area contributed by atoms with E-state index in [0.29, 0.717) is 11.4 Å². The number of hydrogen-bond donors (Lipinski definition) is 1. The van der Waals surface area contributed by atoms with Crippen LogP contribution in [0.4, 0.5) is 0 Å². The highest BCUT2D eigenvalue weighted by Crippen LogP contribution is 2.19. The van der Waals surface area contributed by atoms with E-state index in [0.717, 1.165) is 11.1 Å². The standard InChI is InChI=1S/C11H14ClNO2/c1-7-8(4-3-5-9(7)12)6-10(13)11(14)15-2/h3-5,10H,6,13H2,1-2H3/t10-/m0/s1. The van der Waals surface area contributed by atoms with Gasteiger partial charge >= 0.3 is 5.97 Å². The maximum Gasteiger partial charge on any atom is 0.322 e. The summed E-state index contributed by atoms with van der Waals surface area (Å²) in [6, 6.07) is 4.93. The predicted molar refractivity (Wildman–Crippen MR) is 59.9 cm³/mol. The summed E-state index contributed by atoms with van der Waals surface area (Å²) >= 11 is 5.95. The molecule has 0 fully saturated rings. The number of esters is 1. The summed E-state index contributed by atoms with van der Waals surface area (Å²) in [7, 11) is 1.33. The molecule has 0 spiro atoms. The van der Waals surface area contributed by atoms with Crippen molar-refractivity contribution in [3.63, 3.8) is 0 Å². The van der Waals surface area contributed by atoms with Gasteiger partial charge in [0.05, 0.1) is 7.11 Å². The molecule has 0 saturated heterocycles. The van der Waals surface area contributed by atoms with Crippen LogP contribution in [-0.2, 0) is 16.0 Å². The van der Waals surface area contributed by atoms with Crippen molar-refractivity contribution in [3.8, 4) is 0 Å². The topological polar surface area (TPSA) is 52.3 Å². The van der Waals surface area contributed by atoms with E-state index in [-0.39, 0.29) is 0 Å². The van der Waals surface area contributed by atoms with Gasteiger partial charge in [0.2, 0.25) is 0 Å². The lowest BCUT2D eigenvalue weighted by molar-refractivity contribution is -0.142. The number of halogens is 1. The van der Waals surface area contributed by atoms with Gasteiger partial charge in [-0.05, 0) is 30.5 Å². The van der Waals surface area contributed by atoms with Crippen molar-refractivity contribution in [1.29, 1.82) is 0 Å². The fraction of sp³-hybridized carbons (Fsp3) is 0.364. The summed E-state index contributed by atoms with van der Waals surface area (Å²) in [4.78, 5) is 11.1. The Morgan fingerprint density at radius 2 is 2.27 bits per heavy atom. The van der Waals surface area contributed by atoms with Crippen molar-refractivity contribution in [1.82, 2.24) is 0 Å². The Morgan fingerprint density at radius 3 is 2.87 bits per heavy atom. The largest absolute Gasteiger partial charge is 0.468 e. The van der Waals surface area contributed by atoms with Crippen molar-refractivity contribution in [2.75, 3.05) is 7.11 Å². The molecule has 0 aliphatic rings. The molecule has 1 aromatic carbocycles. The van der Waals surface area contributed by atoms with Crippen molar-refractivity contribution < 1.29 is 9.53 Å². The molecule has 0 radical (unpaired) electrons. The molecule has 0 bridgehead atoms. The molecular weight excluding hydrogens is 214 g/mol. The molecule has 3 nitrogen and oxygen atoms in total. The molecule has 1 rings (SSSR count). The third-order valence-corrected chi connectivity index (χ3v) is 2.73. The van der Waals surface area contributed by atoms with Crippen LogP contribution in [0.2, 0.25) is 5.02 Å². The van der Waals surface area contributed by atoms with Crippen LogP contribution in [0.15, 0.2) is 18.2 Å². The lowest BCUT2D eigenvalue weighted by Crippen LogP contribution is -2.33. The Morgan fingerprint density at radius 1 is 1.60 bits per heavy atom. The zero-order valence-electron chi connectivity index (χ0n) is 8.79. The molecule has 0 heterocycles. The van der Waals surface area contributed by atoms with E-state index >= 15 is 0 Å².